The zero-order valence-corrected chi connectivity index (χ0v) is 16.9. The number of rotatable bonds is 4. The van der Waals surface area contributed by atoms with Gasteiger partial charge in [-0.15, -0.1) is 11.3 Å². The number of hydrazine groups is 1. The van der Waals surface area contributed by atoms with E-state index in [0.29, 0.717) is 10.6 Å². The van der Waals surface area contributed by atoms with Crippen LogP contribution >= 0.6 is 11.3 Å². The Hall–Kier alpha value is -3.38. The summed E-state index contributed by atoms with van der Waals surface area (Å²) in [6.45, 7) is 3.54. The van der Waals surface area contributed by atoms with E-state index in [9.17, 15) is 9.59 Å². The lowest BCUT2D eigenvalue weighted by atomic mass is 10.1. The summed E-state index contributed by atoms with van der Waals surface area (Å²) in [6, 6.07) is 21.4. The van der Waals surface area contributed by atoms with E-state index in [1.807, 2.05) is 73.7 Å². The fourth-order valence-corrected chi connectivity index (χ4v) is 4.27. The van der Waals surface area contributed by atoms with Gasteiger partial charge < -0.3 is 4.74 Å². The van der Waals surface area contributed by atoms with E-state index in [4.69, 9.17) is 4.74 Å². The van der Waals surface area contributed by atoms with Crippen molar-refractivity contribution in [3.63, 3.8) is 0 Å². The minimum atomic E-state index is -0.764. The molecule has 1 aromatic heterocycles. The third-order valence-corrected chi connectivity index (χ3v) is 6.02. The van der Waals surface area contributed by atoms with Crippen LogP contribution in [0.25, 0.3) is 20.9 Å². The van der Waals surface area contributed by atoms with Crippen LogP contribution in [0.15, 0.2) is 66.7 Å². The van der Waals surface area contributed by atoms with Gasteiger partial charge >= 0.3 is 0 Å². The van der Waals surface area contributed by atoms with Gasteiger partial charge in [0.1, 0.15) is 5.75 Å². The molecule has 3 aromatic carbocycles. The van der Waals surface area contributed by atoms with Crippen LogP contribution in [0.1, 0.15) is 22.2 Å². The second-order valence-corrected chi connectivity index (χ2v) is 7.82. The number of hydrogen-bond donors (Lipinski definition) is 2. The normalized spacial score (nSPS) is 11.9. The summed E-state index contributed by atoms with van der Waals surface area (Å²) in [7, 11) is 0. The highest BCUT2D eigenvalue weighted by Gasteiger charge is 2.19. The van der Waals surface area contributed by atoms with Gasteiger partial charge in [0.15, 0.2) is 6.10 Å². The number of fused-ring (bicyclic) bond motifs is 2. The van der Waals surface area contributed by atoms with E-state index in [1.54, 1.807) is 6.92 Å². The molecule has 1 heterocycles. The average Bonchev–Trinajstić information content (AvgIpc) is 3.08. The molecule has 4 rings (SSSR count). The Morgan fingerprint density at radius 2 is 1.66 bits per heavy atom. The second kappa shape index (κ2) is 7.93. The summed E-state index contributed by atoms with van der Waals surface area (Å²) in [4.78, 5) is 25.4. The summed E-state index contributed by atoms with van der Waals surface area (Å²) in [6.07, 6.45) is -0.764. The topological polar surface area (TPSA) is 67.4 Å². The highest BCUT2D eigenvalue weighted by atomic mass is 32.1. The van der Waals surface area contributed by atoms with Crippen molar-refractivity contribution in [2.75, 3.05) is 0 Å². The number of hydrogen-bond acceptors (Lipinski definition) is 4. The molecule has 146 valence electrons. The van der Waals surface area contributed by atoms with Crippen LogP contribution in [-0.2, 0) is 4.79 Å². The number of ether oxygens (including phenoxy) is 1. The Kier molecular flexibility index (Phi) is 5.18. The zero-order valence-electron chi connectivity index (χ0n) is 16.1. The largest absolute Gasteiger partial charge is 0.481 e. The van der Waals surface area contributed by atoms with Gasteiger partial charge in [0, 0.05) is 4.70 Å². The number of carbonyl (C=O) groups is 2. The van der Waals surface area contributed by atoms with Crippen molar-refractivity contribution in [3.8, 4) is 5.75 Å². The van der Waals surface area contributed by atoms with Crippen LogP contribution in [0, 0.1) is 6.92 Å². The first kappa shape index (κ1) is 19.0. The Morgan fingerprint density at radius 3 is 2.45 bits per heavy atom. The van der Waals surface area contributed by atoms with E-state index in [0.717, 1.165) is 26.4 Å². The first-order valence-corrected chi connectivity index (χ1v) is 10.1. The van der Waals surface area contributed by atoms with Crippen molar-refractivity contribution >= 4 is 44.0 Å². The van der Waals surface area contributed by atoms with E-state index in [2.05, 4.69) is 10.9 Å². The lowest BCUT2D eigenvalue weighted by Crippen LogP contribution is -2.47. The summed E-state index contributed by atoms with van der Waals surface area (Å²) >= 11 is 1.40. The number of aryl methyl sites for hydroxylation is 1. The third kappa shape index (κ3) is 3.93. The highest BCUT2D eigenvalue weighted by Crippen LogP contribution is 2.30. The van der Waals surface area contributed by atoms with Crippen molar-refractivity contribution in [1.29, 1.82) is 0 Å². The summed E-state index contributed by atoms with van der Waals surface area (Å²) in [5.41, 5.74) is 5.84. The lowest BCUT2D eigenvalue weighted by Gasteiger charge is -2.15. The van der Waals surface area contributed by atoms with Gasteiger partial charge in [-0.2, -0.15) is 0 Å². The van der Waals surface area contributed by atoms with Crippen molar-refractivity contribution in [2.45, 2.75) is 20.0 Å². The number of nitrogens with one attached hydrogen (secondary N) is 2. The smallest absolute Gasteiger partial charge is 0.280 e. The molecule has 0 fully saturated rings. The third-order valence-electron chi connectivity index (χ3n) is 4.75. The van der Waals surface area contributed by atoms with Crippen LogP contribution in [0.3, 0.4) is 0 Å². The Balaban J connectivity index is 1.39. The zero-order chi connectivity index (χ0) is 20.4. The Bertz CT molecular complexity index is 1220. The predicted molar refractivity (Wildman–Crippen MR) is 116 cm³/mol. The van der Waals surface area contributed by atoms with Gasteiger partial charge in [-0.1, -0.05) is 48.5 Å². The molecule has 4 aromatic rings. The van der Waals surface area contributed by atoms with Crippen LogP contribution in [-0.4, -0.2) is 17.9 Å². The SMILES string of the molecule is Cc1c(C(=O)NNC(=O)C(C)Oc2ccc3ccccc3c2)sc2ccccc12. The maximum Gasteiger partial charge on any atom is 0.280 e. The van der Waals surface area contributed by atoms with Gasteiger partial charge in [-0.05, 0) is 53.8 Å². The van der Waals surface area contributed by atoms with Gasteiger partial charge in [0.05, 0.1) is 4.88 Å². The molecule has 1 unspecified atom stereocenters. The molecule has 2 amide bonds. The van der Waals surface area contributed by atoms with Gasteiger partial charge in [-0.25, -0.2) is 0 Å². The minimum absolute atomic E-state index is 0.338. The number of amides is 2. The minimum Gasteiger partial charge on any atom is -0.481 e. The van der Waals surface area contributed by atoms with Crippen LogP contribution < -0.4 is 15.6 Å². The maximum absolute atomic E-state index is 12.5. The first-order chi connectivity index (χ1) is 14.0. The van der Waals surface area contributed by atoms with Crippen molar-refractivity contribution in [3.05, 3.63) is 77.2 Å². The second-order valence-electron chi connectivity index (χ2n) is 6.76. The summed E-state index contributed by atoms with van der Waals surface area (Å²) in [5, 5.41) is 3.18. The molecule has 5 nitrogen and oxygen atoms in total. The number of carbonyl (C=O) groups excluding carboxylic acids is 2. The Labute approximate surface area is 172 Å². The predicted octanol–water partition coefficient (Wildman–Crippen LogP) is 4.59. The molecule has 0 aliphatic rings. The fourth-order valence-electron chi connectivity index (χ4n) is 3.17. The van der Waals surface area contributed by atoms with E-state index in [1.165, 1.54) is 11.3 Å². The molecule has 0 aliphatic heterocycles. The quantitative estimate of drug-likeness (QED) is 0.489. The molecule has 2 N–H and O–H groups in total. The highest BCUT2D eigenvalue weighted by molar-refractivity contribution is 7.21. The average molecular weight is 404 g/mol. The lowest BCUT2D eigenvalue weighted by molar-refractivity contribution is -0.128. The van der Waals surface area contributed by atoms with E-state index < -0.39 is 12.0 Å². The molecular weight excluding hydrogens is 384 g/mol. The molecule has 0 aliphatic carbocycles. The maximum atomic E-state index is 12.5. The molecule has 0 spiro atoms. The van der Waals surface area contributed by atoms with Crippen molar-refractivity contribution in [2.24, 2.45) is 0 Å². The fraction of sp³-hybridized carbons (Fsp3) is 0.130. The van der Waals surface area contributed by atoms with Gasteiger partial charge in [-0.3, -0.25) is 20.4 Å². The molecule has 0 radical (unpaired) electrons. The molecule has 29 heavy (non-hydrogen) atoms. The standard InChI is InChI=1S/C23H20N2O3S/c1-14-19-9-5-6-10-20(19)29-21(14)23(27)25-24-22(26)15(2)28-18-12-11-16-7-3-4-8-17(16)13-18/h3-13,15H,1-2H3,(H,24,26)(H,25,27). The van der Waals surface area contributed by atoms with Crippen LogP contribution in [0.4, 0.5) is 0 Å². The monoisotopic (exact) mass is 404 g/mol. The Morgan fingerprint density at radius 1 is 0.931 bits per heavy atom. The molecule has 0 saturated heterocycles. The molecule has 0 saturated carbocycles. The van der Waals surface area contributed by atoms with Gasteiger partial charge in [0.25, 0.3) is 11.8 Å². The first-order valence-electron chi connectivity index (χ1n) is 9.27. The van der Waals surface area contributed by atoms with E-state index >= 15 is 0 Å². The van der Waals surface area contributed by atoms with E-state index in [-0.39, 0.29) is 5.91 Å². The number of thiophene rings is 1. The molecule has 1 atom stereocenters. The summed E-state index contributed by atoms with van der Waals surface area (Å²) < 4.78 is 6.77. The van der Waals surface area contributed by atoms with Crippen LogP contribution in [0.5, 0.6) is 5.75 Å². The van der Waals surface area contributed by atoms with Crippen molar-refractivity contribution in [1.82, 2.24) is 10.9 Å². The van der Waals surface area contributed by atoms with Crippen LogP contribution in [0.2, 0.25) is 0 Å². The summed E-state index contributed by atoms with van der Waals surface area (Å²) in [5.74, 6) is -0.168. The number of benzene rings is 3. The van der Waals surface area contributed by atoms with Crippen molar-refractivity contribution < 1.29 is 14.3 Å². The molecular formula is C23H20N2O3S. The van der Waals surface area contributed by atoms with Gasteiger partial charge in [0.2, 0.25) is 0 Å². The molecule has 6 heteroatoms. The molecule has 0 bridgehead atoms.